The maximum atomic E-state index is 3.86. The molecule has 0 saturated heterocycles. The normalized spacial score (nSPS) is 22.3. The fourth-order valence-corrected chi connectivity index (χ4v) is 1.55. The van der Waals surface area contributed by atoms with Gasteiger partial charge < -0.3 is 0 Å². The molecule has 1 fully saturated rings. The maximum absolute atomic E-state index is 3.86. The second-order valence-electron chi connectivity index (χ2n) is 2.92. The largest absolute Gasteiger partial charge is 0.0533 e. The molecule has 1 unspecified atom stereocenters. The van der Waals surface area contributed by atoms with E-state index >= 15 is 0 Å². The van der Waals surface area contributed by atoms with Crippen molar-refractivity contribution in [2.75, 3.05) is 0 Å². The molecule has 0 amide bonds. The van der Waals surface area contributed by atoms with Gasteiger partial charge in [0.2, 0.25) is 0 Å². The predicted octanol–water partition coefficient (Wildman–Crippen LogP) is 3.00. The summed E-state index contributed by atoms with van der Waals surface area (Å²) < 4.78 is 0. The van der Waals surface area contributed by atoms with Crippen molar-refractivity contribution in [3.8, 4) is 0 Å². The van der Waals surface area contributed by atoms with Crippen LogP contribution in [0.25, 0.3) is 0 Å². The smallest absolute Gasteiger partial charge is 0.0355 e. The third kappa shape index (κ3) is 2.38. The van der Waals surface area contributed by atoms with Crippen LogP contribution in [0.1, 0.15) is 38.5 Å². The number of hydrogen-bond acceptors (Lipinski definition) is 0. The Morgan fingerprint density at radius 2 is 2.33 bits per heavy atom. The van der Waals surface area contributed by atoms with Crippen molar-refractivity contribution in [2.45, 2.75) is 38.5 Å². The van der Waals surface area contributed by atoms with Crippen molar-refractivity contribution in [3.05, 3.63) is 13.3 Å². The van der Waals surface area contributed by atoms with E-state index in [0.29, 0.717) is 0 Å². The topological polar surface area (TPSA) is 0 Å². The first-order valence-corrected chi connectivity index (χ1v) is 4.06. The summed E-state index contributed by atoms with van der Waals surface area (Å²) in [6.07, 6.45) is 10.6. The van der Waals surface area contributed by atoms with Crippen molar-refractivity contribution >= 4 is 0 Å². The first-order chi connectivity index (χ1) is 4.43. The summed E-state index contributed by atoms with van der Waals surface area (Å²) in [5.74, 6) is 0.913. The zero-order chi connectivity index (χ0) is 6.53. The van der Waals surface area contributed by atoms with Crippen LogP contribution < -0.4 is 0 Å². The second kappa shape index (κ2) is 3.92. The Bertz CT molecular complexity index is 57.7. The molecule has 9 heavy (non-hydrogen) atoms. The van der Waals surface area contributed by atoms with Crippen LogP contribution in [0.3, 0.4) is 0 Å². The Hall–Kier alpha value is 0. The van der Waals surface area contributed by atoms with Gasteiger partial charge in [-0.1, -0.05) is 39.0 Å². The van der Waals surface area contributed by atoms with Crippen molar-refractivity contribution in [2.24, 2.45) is 5.92 Å². The van der Waals surface area contributed by atoms with Gasteiger partial charge in [-0.25, -0.2) is 0 Å². The lowest BCUT2D eigenvalue weighted by Crippen LogP contribution is -2.05. The molecular weight excluding hydrogens is 108 g/mol. The van der Waals surface area contributed by atoms with Gasteiger partial charge in [-0.3, -0.25) is 0 Å². The highest BCUT2D eigenvalue weighted by Crippen LogP contribution is 2.25. The van der Waals surface area contributed by atoms with Gasteiger partial charge >= 0.3 is 0 Å². The minimum absolute atomic E-state index is 0.913. The number of rotatable bonds is 2. The molecule has 0 heterocycles. The van der Waals surface area contributed by atoms with Gasteiger partial charge in [-0.2, -0.15) is 0 Å². The second-order valence-corrected chi connectivity index (χ2v) is 2.92. The quantitative estimate of drug-likeness (QED) is 0.531. The molecule has 0 heteroatoms. The molecule has 1 rings (SSSR count). The Balaban J connectivity index is 2.08. The summed E-state index contributed by atoms with van der Waals surface area (Å²) in [7, 11) is 0. The lowest BCUT2D eigenvalue weighted by molar-refractivity contribution is 0.424. The van der Waals surface area contributed by atoms with Crippen molar-refractivity contribution < 1.29 is 0 Å². The SMILES string of the molecule is [CH2]CCC1[CH]CCCC1. The van der Waals surface area contributed by atoms with Gasteiger partial charge in [0.25, 0.3) is 0 Å². The van der Waals surface area contributed by atoms with Crippen LogP contribution in [0.15, 0.2) is 0 Å². The van der Waals surface area contributed by atoms with Crippen LogP contribution in [-0.4, -0.2) is 0 Å². The van der Waals surface area contributed by atoms with Gasteiger partial charge in [-0.15, -0.1) is 0 Å². The molecule has 2 radical (unpaired) electrons. The van der Waals surface area contributed by atoms with E-state index in [2.05, 4.69) is 13.3 Å². The van der Waals surface area contributed by atoms with Crippen molar-refractivity contribution in [3.63, 3.8) is 0 Å². The summed E-state index contributed by atoms with van der Waals surface area (Å²) in [6.45, 7) is 3.86. The predicted molar refractivity (Wildman–Crippen MR) is 40.8 cm³/mol. The van der Waals surface area contributed by atoms with E-state index in [1.807, 2.05) is 0 Å². The fourth-order valence-electron chi connectivity index (χ4n) is 1.55. The fraction of sp³-hybridized carbons (Fsp3) is 0.778. The monoisotopic (exact) mass is 124 g/mol. The van der Waals surface area contributed by atoms with Crippen molar-refractivity contribution in [1.29, 1.82) is 0 Å². The highest BCUT2D eigenvalue weighted by molar-refractivity contribution is 4.80. The first kappa shape index (κ1) is 7.11. The lowest BCUT2D eigenvalue weighted by atomic mass is 9.86. The summed E-state index contributed by atoms with van der Waals surface area (Å²) in [4.78, 5) is 0. The van der Waals surface area contributed by atoms with E-state index in [0.717, 1.165) is 12.3 Å². The van der Waals surface area contributed by atoms with Gasteiger partial charge in [0.15, 0.2) is 0 Å². The molecule has 1 aliphatic carbocycles. The van der Waals surface area contributed by atoms with Gasteiger partial charge in [0.1, 0.15) is 0 Å². The zero-order valence-electron chi connectivity index (χ0n) is 6.10. The summed E-state index contributed by atoms with van der Waals surface area (Å²) in [6, 6.07) is 0. The molecule has 0 aromatic rings. The third-order valence-electron chi connectivity index (χ3n) is 2.10. The van der Waals surface area contributed by atoms with Crippen LogP contribution >= 0.6 is 0 Å². The van der Waals surface area contributed by atoms with Crippen LogP contribution in [0.2, 0.25) is 0 Å². The number of hydrogen-bond donors (Lipinski definition) is 0. The molecule has 0 bridgehead atoms. The van der Waals surface area contributed by atoms with E-state index < -0.39 is 0 Å². The molecule has 0 spiro atoms. The van der Waals surface area contributed by atoms with E-state index in [4.69, 9.17) is 0 Å². The molecule has 1 saturated carbocycles. The molecule has 0 nitrogen and oxygen atoms in total. The average Bonchev–Trinajstić information content (AvgIpc) is 1.91. The van der Waals surface area contributed by atoms with Crippen LogP contribution in [0.5, 0.6) is 0 Å². The molecule has 0 aromatic carbocycles. The summed E-state index contributed by atoms with van der Waals surface area (Å²) >= 11 is 0. The maximum Gasteiger partial charge on any atom is -0.0355 e. The Kier molecular flexibility index (Phi) is 3.10. The van der Waals surface area contributed by atoms with Crippen LogP contribution in [-0.2, 0) is 0 Å². The summed E-state index contributed by atoms with van der Waals surface area (Å²) in [5.41, 5.74) is 0. The first-order valence-electron chi connectivity index (χ1n) is 4.06. The molecule has 0 aromatic heterocycles. The molecule has 1 atom stereocenters. The highest BCUT2D eigenvalue weighted by Gasteiger charge is 2.11. The van der Waals surface area contributed by atoms with Gasteiger partial charge in [0, 0.05) is 0 Å². The van der Waals surface area contributed by atoms with Gasteiger partial charge in [0.05, 0.1) is 0 Å². The van der Waals surface area contributed by atoms with Crippen molar-refractivity contribution in [1.82, 2.24) is 0 Å². The van der Waals surface area contributed by atoms with Gasteiger partial charge in [-0.05, 0) is 18.8 Å². The minimum atomic E-state index is 0.913. The Morgan fingerprint density at radius 1 is 1.44 bits per heavy atom. The van der Waals surface area contributed by atoms with E-state index in [1.54, 1.807) is 0 Å². The standard InChI is InChI=1S/C9H16/c1-2-6-9-7-4-3-5-8-9/h7,9H,1-6,8H2. The Morgan fingerprint density at radius 3 is 2.89 bits per heavy atom. The van der Waals surface area contributed by atoms with E-state index in [9.17, 15) is 0 Å². The molecule has 0 aliphatic heterocycles. The summed E-state index contributed by atoms with van der Waals surface area (Å²) in [5, 5.41) is 0. The van der Waals surface area contributed by atoms with E-state index in [-0.39, 0.29) is 0 Å². The zero-order valence-corrected chi connectivity index (χ0v) is 6.10. The van der Waals surface area contributed by atoms with E-state index in [1.165, 1.54) is 32.1 Å². The Labute approximate surface area is 58.7 Å². The van der Waals surface area contributed by atoms with Crippen LogP contribution in [0.4, 0.5) is 0 Å². The van der Waals surface area contributed by atoms with Crippen LogP contribution in [0, 0.1) is 19.3 Å². The molecular formula is C9H16. The molecule has 52 valence electrons. The highest BCUT2D eigenvalue weighted by atomic mass is 14.2. The lowest BCUT2D eigenvalue weighted by Gasteiger charge is -2.19. The molecule has 0 N–H and O–H groups in total. The minimum Gasteiger partial charge on any atom is -0.0533 e. The average molecular weight is 124 g/mol. The third-order valence-corrected chi connectivity index (χ3v) is 2.10. The molecule has 1 aliphatic rings.